The first kappa shape index (κ1) is 17.9. The first-order valence-corrected chi connectivity index (χ1v) is 9.12. The van der Waals surface area contributed by atoms with Crippen LogP contribution in [0.2, 0.25) is 0 Å². The van der Waals surface area contributed by atoms with Crippen molar-refractivity contribution in [1.29, 1.82) is 0 Å². The van der Waals surface area contributed by atoms with Gasteiger partial charge in [0.05, 0.1) is 5.56 Å². The van der Waals surface area contributed by atoms with Crippen molar-refractivity contribution in [2.75, 3.05) is 6.54 Å². The maximum atomic E-state index is 12.5. The van der Waals surface area contributed by atoms with E-state index in [1.54, 1.807) is 13.0 Å². The van der Waals surface area contributed by atoms with Gasteiger partial charge >= 0.3 is 5.97 Å². The largest absolute Gasteiger partial charge is 0.480 e. The fraction of sp³-hybridized carbons (Fsp3) is 0.556. The topological polar surface area (TPSA) is 66.4 Å². The zero-order chi connectivity index (χ0) is 16.9. The van der Waals surface area contributed by atoms with E-state index in [-0.39, 0.29) is 11.3 Å². The molecule has 0 aromatic heterocycles. The van der Waals surface area contributed by atoms with E-state index in [0.29, 0.717) is 12.1 Å². The highest BCUT2D eigenvalue weighted by atomic mass is 32.2. The molecule has 1 saturated carbocycles. The molecular formula is C18H25NO3S. The van der Waals surface area contributed by atoms with Crippen LogP contribution in [0.1, 0.15) is 56.3 Å². The molecule has 1 aliphatic rings. The highest BCUT2D eigenvalue weighted by Crippen LogP contribution is 2.44. The smallest absolute Gasteiger partial charge is 0.316 e. The van der Waals surface area contributed by atoms with Gasteiger partial charge in [0.2, 0.25) is 0 Å². The Kier molecular flexibility index (Phi) is 6.10. The van der Waals surface area contributed by atoms with Crippen LogP contribution in [0.25, 0.3) is 0 Å². The minimum atomic E-state index is -0.874. The van der Waals surface area contributed by atoms with Crippen LogP contribution < -0.4 is 5.32 Å². The van der Waals surface area contributed by atoms with Crippen molar-refractivity contribution in [3.63, 3.8) is 0 Å². The van der Waals surface area contributed by atoms with Gasteiger partial charge in [0.1, 0.15) is 5.25 Å². The van der Waals surface area contributed by atoms with E-state index in [2.05, 4.69) is 12.2 Å². The molecule has 5 heteroatoms. The molecule has 1 aromatic carbocycles. The van der Waals surface area contributed by atoms with Gasteiger partial charge in [0, 0.05) is 11.4 Å². The molecule has 23 heavy (non-hydrogen) atoms. The second-order valence-electron chi connectivity index (χ2n) is 6.38. The number of benzene rings is 1. The summed E-state index contributed by atoms with van der Waals surface area (Å²) in [6.45, 7) is 4.53. The molecule has 2 rings (SSSR count). The summed E-state index contributed by atoms with van der Waals surface area (Å²) in [4.78, 5) is 24.3. The lowest BCUT2D eigenvalue weighted by molar-refractivity contribution is -0.136. The van der Waals surface area contributed by atoms with E-state index in [0.717, 1.165) is 17.7 Å². The summed E-state index contributed by atoms with van der Waals surface area (Å²) in [6.07, 6.45) is 5.91. The Morgan fingerprint density at radius 2 is 2.04 bits per heavy atom. The molecule has 0 heterocycles. The van der Waals surface area contributed by atoms with Crippen LogP contribution in [0.15, 0.2) is 29.2 Å². The number of amides is 1. The van der Waals surface area contributed by atoms with Gasteiger partial charge < -0.3 is 10.4 Å². The van der Waals surface area contributed by atoms with Crippen LogP contribution in [0.4, 0.5) is 0 Å². The summed E-state index contributed by atoms with van der Waals surface area (Å²) in [5, 5.41) is 11.5. The van der Waals surface area contributed by atoms with E-state index >= 15 is 0 Å². The molecule has 0 spiro atoms. The Bertz CT molecular complexity index is 569. The average molecular weight is 335 g/mol. The van der Waals surface area contributed by atoms with E-state index in [1.165, 1.54) is 31.0 Å². The number of rotatable bonds is 8. The summed E-state index contributed by atoms with van der Waals surface area (Å²) < 4.78 is 0. The standard InChI is InChI=1S/C18H25NO3S/c1-3-9-18(10-6-11-18)12-19-16(20)14-7-4-5-8-15(14)23-13(2)17(21)22/h4-5,7-8,13H,3,6,9-12H2,1-2H3,(H,19,20)(H,21,22). The minimum Gasteiger partial charge on any atom is -0.480 e. The zero-order valence-electron chi connectivity index (χ0n) is 13.8. The Morgan fingerprint density at radius 1 is 1.35 bits per heavy atom. The molecule has 1 aliphatic carbocycles. The molecule has 1 atom stereocenters. The minimum absolute atomic E-state index is 0.104. The lowest BCUT2D eigenvalue weighted by Gasteiger charge is -2.42. The predicted molar refractivity (Wildman–Crippen MR) is 92.9 cm³/mol. The number of hydrogen-bond acceptors (Lipinski definition) is 3. The molecule has 2 N–H and O–H groups in total. The van der Waals surface area contributed by atoms with Crippen LogP contribution >= 0.6 is 11.8 Å². The highest BCUT2D eigenvalue weighted by molar-refractivity contribution is 8.00. The first-order valence-electron chi connectivity index (χ1n) is 8.24. The van der Waals surface area contributed by atoms with Crippen molar-refractivity contribution in [2.24, 2.45) is 5.41 Å². The van der Waals surface area contributed by atoms with Crippen molar-refractivity contribution in [2.45, 2.75) is 56.1 Å². The van der Waals surface area contributed by atoms with E-state index < -0.39 is 11.2 Å². The number of thioether (sulfide) groups is 1. The number of hydrogen-bond donors (Lipinski definition) is 2. The van der Waals surface area contributed by atoms with Crippen molar-refractivity contribution < 1.29 is 14.7 Å². The second kappa shape index (κ2) is 7.86. The molecule has 1 aromatic rings. The van der Waals surface area contributed by atoms with Crippen molar-refractivity contribution in [1.82, 2.24) is 5.32 Å². The number of carbonyl (C=O) groups excluding carboxylic acids is 1. The third-order valence-corrected chi connectivity index (χ3v) is 5.77. The summed E-state index contributed by atoms with van der Waals surface area (Å²) in [5.74, 6) is -0.977. The Hall–Kier alpha value is -1.49. The molecule has 4 nitrogen and oxygen atoms in total. The number of carbonyl (C=O) groups is 2. The van der Waals surface area contributed by atoms with E-state index in [4.69, 9.17) is 5.11 Å². The fourth-order valence-corrected chi connectivity index (χ4v) is 4.01. The molecular weight excluding hydrogens is 310 g/mol. The van der Waals surface area contributed by atoms with Crippen LogP contribution in [0, 0.1) is 5.41 Å². The average Bonchev–Trinajstić information content (AvgIpc) is 2.49. The van der Waals surface area contributed by atoms with Crippen LogP contribution in [0.5, 0.6) is 0 Å². The molecule has 1 unspecified atom stereocenters. The van der Waals surface area contributed by atoms with E-state index in [9.17, 15) is 9.59 Å². The second-order valence-corrected chi connectivity index (χ2v) is 7.76. The number of aliphatic carboxylic acids is 1. The van der Waals surface area contributed by atoms with E-state index in [1.807, 2.05) is 18.2 Å². The van der Waals surface area contributed by atoms with Crippen LogP contribution in [-0.2, 0) is 4.79 Å². The molecule has 0 saturated heterocycles. The molecule has 0 bridgehead atoms. The zero-order valence-corrected chi connectivity index (χ0v) is 14.6. The summed E-state index contributed by atoms with van der Waals surface area (Å²) in [5.41, 5.74) is 0.845. The maximum Gasteiger partial charge on any atom is 0.316 e. The molecule has 0 aliphatic heterocycles. The fourth-order valence-electron chi connectivity index (χ4n) is 3.08. The lowest BCUT2D eigenvalue weighted by Crippen LogP contribution is -2.42. The van der Waals surface area contributed by atoms with Crippen LogP contribution in [0.3, 0.4) is 0 Å². The van der Waals surface area contributed by atoms with Gasteiger partial charge in [-0.2, -0.15) is 0 Å². The molecule has 126 valence electrons. The van der Waals surface area contributed by atoms with Gasteiger partial charge in [-0.05, 0) is 43.7 Å². The third kappa shape index (κ3) is 4.50. The number of nitrogens with one attached hydrogen (secondary N) is 1. The highest BCUT2D eigenvalue weighted by Gasteiger charge is 2.36. The van der Waals surface area contributed by atoms with Crippen LogP contribution in [-0.4, -0.2) is 28.8 Å². The Balaban J connectivity index is 2.03. The predicted octanol–water partition coefficient (Wildman–Crippen LogP) is 3.95. The number of carboxylic acids is 1. The normalized spacial score (nSPS) is 17.1. The monoisotopic (exact) mass is 335 g/mol. The lowest BCUT2D eigenvalue weighted by atomic mass is 9.66. The van der Waals surface area contributed by atoms with Crippen molar-refractivity contribution in [3.05, 3.63) is 29.8 Å². The quantitative estimate of drug-likeness (QED) is 0.706. The van der Waals surface area contributed by atoms with Crippen molar-refractivity contribution >= 4 is 23.6 Å². The Labute approximate surface area is 142 Å². The third-order valence-electron chi connectivity index (χ3n) is 4.60. The first-order chi connectivity index (χ1) is 11.0. The SMILES string of the molecule is CCCC1(CNC(=O)c2ccccc2SC(C)C(=O)O)CCC1. The van der Waals surface area contributed by atoms with Gasteiger partial charge in [-0.15, -0.1) is 11.8 Å². The summed E-state index contributed by atoms with van der Waals surface area (Å²) >= 11 is 1.21. The maximum absolute atomic E-state index is 12.5. The molecule has 1 fully saturated rings. The van der Waals surface area contributed by atoms with Gasteiger partial charge in [-0.25, -0.2) is 0 Å². The van der Waals surface area contributed by atoms with Crippen molar-refractivity contribution in [3.8, 4) is 0 Å². The van der Waals surface area contributed by atoms with Gasteiger partial charge in [-0.3, -0.25) is 9.59 Å². The number of carboxylic acid groups (broad SMARTS) is 1. The Morgan fingerprint density at radius 3 is 2.61 bits per heavy atom. The molecule has 1 amide bonds. The summed E-state index contributed by atoms with van der Waals surface area (Å²) in [6, 6.07) is 7.22. The van der Waals surface area contributed by atoms with Gasteiger partial charge in [0.25, 0.3) is 5.91 Å². The summed E-state index contributed by atoms with van der Waals surface area (Å²) in [7, 11) is 0. The van der Waals surface area contributed by atoms with Gasteiger partial charge in [-0.1, -0.05) is 31.9 Å². The molecule has 0 radical (unpaired) electrons. The van der Waals surface area contributed by atoms with Gasteiger partial charge in [0.15, 0.2) is 0 Å².